The predicted octanol–water partition coefficient (Wildman–Crippen LogP) is 3.28. The van der Waals surface area contributed by atoms with E-state index in [1.807, 2.05) is 7.05 Å². The van der Waals surface area contributed by atoms with Gasteiger partial charge in [-0.15, -0.1) is 0 Å². The van der Waals surface area contributed by atoms with Crippen molar-refractivity contribution in [1.29, 1.82) is 0 Å². The Morgan fingerprint density at radius 1 is 1.28 bits per heavy atom. The second-order valence-corrected chi connectivity index (χ2v) is 5.73. The van der Waals surface area contributed by atoms with Crippen molar-refractivity contribution in [1.82, 2.24) is 15.1 Å². The van der Waals surface area contributed by atoms with Gasteiger partial charge in [0.05, 0.1) is 5.69 Å². The Bertz CT molecular complexity index is 343. The number of nitrogens with zero attached hydrogens (tertiary/aromatic N) is 2. The summed E-state index contributed by atoms with van der Waals surface area (Å²) in [6, 6.07) is 3.20. The van der Waals surface area contributed by atoms with Crippen molar-refractivity contribution in [3.8, 4) is 0 Å². The Labute approximate surface area is 112 Å². The Morgan fingerprint density at radius 2 is 1.94 bits per heavy atom. The molecule has 0 aromatic carbocycles. The van der Waals surface area contributed by atoms with Crippen molar-refractivity contribution in [3.63, 3.8) is 0 Å². The van der Waals surface area contributed by atoms with E-state index >= 15 is 0 Å². The lowest BCUT2D eigenvalue weighted by Crippen LogP contribution is -2.35. The largest absolute Gasteiger partial charge is 0.317 e. The minimum atomic E-state index is 0.498. The van der Waals surface area contributed by atoms with Crippen LogP contribution in [0.4, 0.5) is 0 Å². The monoisotopic (exact) mass is 251 g/mol. The van der Waals surface area contributed by atoms with E-state index in [-0.39, 0.29) is 0 Å². The van der Waals surface area contributed by atoms with Gasteiger partial charge in [-0.05, 0) is 51.6 Å². The molecule has 0 radical (unpaired) electrons. The first-order chi connectivity index (χ1) is 8.49. The quantitative estimate of drug-likeness (QED) is 0.806. The van der Waals surface area contributed by atoms with Gasteiger partial charge in [0.2, 0.25) is 0 Å². The van der Waals surface area contributed by atoms with E-state index in [1.165, 1.54) is 5.69 Å². The standard InChI is InChI=1S/C15H29N3/c1-7-12(4)18-9-8-14(17-18)10-15(11(2)3)13(5)16-6/h8-9,11-13,15-16H,7,10H2,1-6H3. The molecule has 0 spiro atoms. The molecule has 1 aromatic heterocycles. The molecule has 1 rings (SSSR count). The molecule has 1 N–H and O–H groups in total. The molecule has 3 heteroatoms. The van der Waals surface area contributed by atoms with Gasteiger partial charge in [0.25, 0.3) is 0 Å². The van der Waals surface area contributed by atoms with E-state index in [0.29, 0.717) is 23.9 Å². The first-order valence-corrected chi connectivity index (χ1v) is 7.20. The lowest BCUT2D eigenvalue weighted by Gasteiger charge is -2.26. The highest BCUT2D eigenvalue weighted by Gasteiger charge is 2.21. The Morgan fingerprint density at radius 3 is 2.44 bits per heavy atom. The van der Waals surface area contributed by atoms with Crippen LogP contribution in [0.25, 0.3) is 0 Å². The minimum Gasteiger partial charge on any atom is -0.317 e. The average molecular weight is 251 g/mol. The van der Waals surface area contributed by atoms with Gasteiger partial charge < -0.3 is 5.32 Å². The predicted molar refractivity (Wildman–Crippen MR) is 77.8 cm³/mol. The third-order valence-electron chi connectivity index (χ3n) is 4.10. The van der Waals surface area contributed by atoms with Gasteiger partial charge >= 0.3 is 0 Å². The first kappa shape index (κ1) is 15.2. The molecule has 0 aliphatic heterocycles. The zero-order chi connectivity index (χ0) is 13.7. The lowest BCUT2D eigenvalue weighted by atomic mass is 9.85. The Hall–Kier alpha value is -0.830. The molecule has 3 atom stereocenters. The Kier molecular flexibility index (Phi) is 5.86. The summed E-state index contributed by atoms with van der Waals surface area (Å²) in [5.74, 6) is 1.30. The summed E-state index contributed by atoms with van der Waals surface area (Å²) in [5.41, 5.74) is 1.22. The molecular formula is C15H29N3. The maximum absolute atomic E-state index is 4.71. The smallest absolute Gasteiger partial charge is 0.0628 e. The number of nitrogens with one attached hydrogen (secondary N) is 1. The fourth-order valence-corrected chi connectivity index (χ4v) is 2.36. The van der Waals surface area contributed by atoms with Gasteiger partial charge in [0, 0.05) is 18.3 Å². The van der Waals surface area contributed by atoms with Crippen molar-refractivity contribution in [2.75, 3.05) is 7.05 Å². The van der Waals surface area contributed by atoms with Crippen LogP contribution in [-0.2, 0) is 6.42 Å². The second kappa shape index (κ2) is 6.93. The van der Waals surface area contributed by atoms with E-state index in [9.17, 15) is 0 Å². The zero-order valence-corrected chi connectivity index (χ0v) is 12.8. The van der Waals surface area contributed by atoms with Gasteiger partial charge in [0.1, 0.15) is 0 Å². The molecule has 1 heterocycles. The summed E-state index contributed by atoms with van der Waals surface area (Å²) in [6.45, 7) is 11.3. The fourth-order valence-electron chi connectivity index (χ4n) is 2.36. The van der Waals surface area contributed by atoms with Crippen molar-refractivity contribution in [2.45, 2.75) is 59.5 Å². The number of hydrogen-bond acceptors (Lipinski definition) is 2. The summed E-state index contributed by atoms with van der Waals surface area (Å²) in [4.78, 5) is 0. The highest BCUT2D eigenvalue weighted by atomic mass is 15.3. The van der Waals surface area contributed by atoms with Gasteiger partial charge in [-0.2, -0.15) is 5.10 Å². The average Bonchev–Trinajstić information content (AvgIpc) is 2.82. The molecule has 0 saturated heterocycles. The maximum atomic E-state index is 4.71. The number of hydrogen-bond donors (Lipinski definition) is 1. The molecule has 0 saturated carbocycles. The van der Waals surface area contributed by atoms with Crippen LogP contribution in [0.3, 0.4) is 0 Å². The van der Waals surface area contributed by atoms with Crippen LogP contribution in [0.1, 0.15) is 52.8 Å². The van der Waals surface area contributed by atoms with E-state index in [4.69, 9.17) is 5.10 Å². The van der Waals surface area contributed by atoms with E-state index in [0.717, 1.165) is 12.8 Å². The number of aromatic nitrogens is 2. The molecule has 0 aliphatic rings. The highest BCUT2D eigenvalue weighted by Crippen LogP contribution is 2.21. The lowest BCUT2D eigenvalue weighted by molar-refractivity contribution is 0.296. The zero-order valence-electron chi connectivity index (χ0n) is 12.8. The molecule has 0 bridgehead atoms. The molecule has 0 aliphatic carbocycles. The fraction of sp³-hybridized carbons (Fsp3) is 0.800. The van der Waals surface area contributed by atoms with Crippen LogP contribution < -0.4 is 5.32 Å². The molecule has 3 nitrogen and oxygen atoms in total. The molecule has 0 fully saturated rings. The Balaban J connectivity index is 2.72. The van der Waals surface area contributed by atoms with Gasteiger partial charge in [-0.25, -0.2) is 0 Å². The van der Waals surface area contributed by atoms with Crippen LogP contribution in [0.2, 0.25) is 0 Å². The summed E-state index contributed by atoms with van der Waals surface area (Å²) in [6.07, 6.45) is 4.30. The summed E-state index contributed by atoms with van der Waals surface area (Å²) in [5, 5.41) is 8.08. The summed E-state index contributed by atoms with van der Waals surface area (Å²) >= 11 is 0. The summed E-state index contributed by atoms with van der Waals surface area (Å²) in [7, 11) is 2.04. The van der Waals surface area contributed by atoms with E-state index < -0.39 is 0 Å². The third-order valence-corrected chi connectivity index (χ3v) is 4.10. The van der Waals surface area contributed by atoms with Crippen molar-refractivity contribution in [3.05, 3.63) is 18.0 Å². The van der Waals surface area contributed by atoms with Crippen molar-refractivity contribution < 1.29 is 0 Å². The van der Waals surface area contributed by atoms with Crippen LogP contribution in [0.15, 0.2) is 12.3 Å². The van der Waals surface area contributed by atoms with Crippen molar-refractivity contribution in [2.24, 2.45) is 11.8 Å². The first-order valence-electron chi connectivity index (χ1n) is 7.20. The third kappa shape index (κ3) is 3.84. The van der Waals surface area contributed by atoms with Crippen LogP contribution in [-0.4, -0.2) is 22.9 Å². The summed E-state index contributed by atoms with van der Waals surface area (Å²) < 4.78 is 2.09. The van der Waals surface area contributed by atoms with Crippen LogP contribution >= 0.6 is 0 Å². The van der Waals surface area contributed by atoms with Crippen LogP contribution in [0.5, 0.6) is 0 Å². The van der Waals surface area contributed by atoms with Gasteiger partial charge in [-0.1, -0.05) is 20.8 Å². The molecule has 1 aromatic rings. The van der Waals surface area contributed by atoms with Gasteiger partial charge in [0.15, 0.2) is 0 Å². The number of rotatable bonds is 7. The minimum absolute atomic E-state index is 0.498. The highest BCUT2D eigenvalue weighted by molar-refractivity contribution is 5.02. The SMILES string of the molecule is CCC(C)n1ccc(CC(C(C)C)C(C)NC)n1. The van der Waals surface area contributed by atoms with Crippen LogP contribution in [0, 0.1) is 11.8 Å². The topological polar surface area (TPSA) is 29.9 Å². The van der Waals surface area contributed by atoms with Gasteiger partial charge in [-0.3, -0.25) is 4.68 Å². The molecule has 3 unspecified atom stereocenters. The molecule has 18 heavy (non-hydrogen) atoms. The van der Waals surface area contributed by atoms with E-state index in [1.54, 1.807) is 0 Å². The maximum Gasteiger partial charge on any atom is 0.0628 e. The molecule has 104 valence electrons. The van der Waals surface area contributed by atoms with Crippen molar-refractivity contribution >= 4 is 0 Å². The molecular weight excluding hydrogens is 222 g/mol. The second-order valence-electron chi connectivity index (χ2n) is 5.73. The molecule has 0 amide bonds. The normalized spacial score (nSPS) is 16.8. The van der Waals surface area contributed by atoms with E-state index in [2.05, 4.69) is 56.9 Å².